The third-order valence-corrected chi connectivity index (χ3v) is 5.08. The Labute approximate surface area is 163 Å². The Morgan fingerprint density at radius 1 is 1.11 bits per heavy atom. The summed E-state index contributed by atoms with van der Waals surface area (Å²) < 4.78 is 54.3. The predicted molar refractivity (Wildman–Crippen MR) is 100 cm³/mol. The lowest BCUT2D eigenvalue weighted by molar-refractivity contribution is -0.137. The number of nitrogens with zero attached hydrogens (tertiary/aromatic N) is 1. The third kappa shape index (κ3) is 4.93. The van der Waals surface area contributed by atoms with Crippen molar-refractivity contribution in [1.29, 1.82) is 0 Å². The van der Waals surface area contributed by atoms with Gasteiger partial charge in [0.25, 0.3) is 0 Å². The molecule has 0 amide bonds. The number of alkyl halides is 3. The zero-order valence-corrected chi connectivity index (χ0v) is 15.9. The van der Waals surface area contributed by atoms with Gasteiger partial charge in [-0.1, -0.05) is 22.0 Å². The van der Waals surface area contributed by atoms with Crippen LogP contribution in [0.4, 0.5) is 28.9 Å². The SMILES string of the molecule is OC1CCN(c2ccc(CNc3ccc(Br)cc3C(F)(F)F)cc2F)CC1. The van der Waals surface area contributed by atoms with E-state index in [2.05, 4.69) is 21.2 Å². The molecule has 0 aliphatic carbocycles. The number of benzene rings is 2. The molecule has 1 aliphatic heterocycles. The Bertz CT molecular complexity index is 805. The Balaban J connectivity index is 1.72. The number of nitrogens with one attached hydrogen (secondary N) is 1. The Morgan fingerprint density at radius 2 is 1.81 bits per heavy atom. The Morgan fingerprint density at radius 3 is 2.44 bits per heavy atom. The van der Waals surface area contributed by atoms with Gasteiger partial charge in [0.15, 0.2) is 0 Å². The molecule has 2 aromatic carbocycles. The van der Waals surface area contributed by atoms with E-state index >= 15 is 0 Å². The zero-order chi connectivity index (χ0) is 19.6. The number of rotatable bonds is 4. The van der Waals surface area contributed by atoms with Gasteiger partial charge in [0.05, 0.1) is 17.4 Å². The van der Waals surface area contributed by atoms with Crippen LogP contribution in [0.2, 0.25) is 0 Å². The molecule has 0 atom stereocenters. The van der Waals surface area contributed by atoms with Crippen LogP contribution in [0.3, 0.4) is 0 Å². The molecule has 146 valence electrons. The fraction of sp³-hybridized carbons (Fsp3) is 0.368. The van der Waals surface area contributed by atoms with Gasteiger partial charge in [0.1, 0.15) is 5.82 Å². The molecule has 1 fully saturated rings. The first-order valence-electron chi connectivity index (χ1n) is 8.56. The monoisotopic (exact) mass is 446 g/mol. The molecule has 3 nitrogen and oxygen atoms in total. The smallest absolute Gasteiger partial charge is 0.393 e. The quantitative estimate of drug-likeness (QED) is 0.635. The lowest BCUT2D eigenvalue weighted by Gasteiger charge is -2.31. The van der Waals surface area contributed by atoms with Crippen LogP contribution in [0, 0.1) is 5.82 Å². The minimum Gasteiger partial charge on any atom is -0.393 e. The number of aliphatic hydroxyl groups excluding tert-OH is 1. The first kappa shape index (κ1) is 19.9. The summed E-state index contributed by atoms with van der Waals surface area (Å²) in [5.41, 5.74) is 0.163. The molecule has 0 bridgehead atoms. The van der Waals surface area contributed by atoms with Crippen molar-refractivity contribution in [2.75, 3.05) is 23.3 Å². The molecule has 1 saturated heterocycles. The lowest BCUT2D eigenvalue weighted by Crippen LogP contribution is -2.36. The highest BCUT2D eigenvalue weighted by molar-refractivity contribution is 9.10. The molecule has 1 aliphatic rings. The molecule has 0 saturated carbocycles. The second-order valence-corrected chi connectivity index (χ2v) is 7.46. The normalized spacial score (nSPS) is 15.9. The topological polar surface area (TPSA) is 35.5 Å². The van der Waals surface area contributed by atoms with E-state index in [1.54, 1.807) is 12.1 Å². The average Bonchev–Trinajstić information content (AvgIpc) is 2.61. The molecule has 27 heavy (non-hydrogen) atoms. The number of hydrogen-bond donors (Lipinski definition) is 2. The van der Waals surface area contributed by atoms with Gasteiger partial charge >= 0.3 is 6.18 Å². The van der Waals surface area contributed by atoms with E-state index in [1.807, 2.05) is 4.90 Å². The van der Waals surface area contributed by atoms with E-state index in [0.717, 1.165) is 6.07 Å². The van der Waals surface area contributed by atoms with Gasteiger partial charge in [-0.15, -0.1) is 0 Å². The van der Waals surface area contributed by atoms with E-state index in [1.165, 1.54) is 18.2 Å². The van der Waals surface area contributed by atoms with Crippen LogP contribution < -0.4 is 10.2 Å². The summed E-state index contributed by atoms with van der Waals surface area (Å²) in [7, 11) is 0. The summed E-state index contributed by atoms with van der Waals surface area (Å²) in [5, 5.41) is 12.3. The van der Waals surface area contributed by atoms with Crippen molar-refractivity contribution in [3.05, 3.63) is 57.8 Å². The van der Waals surface area contributed by atoms with E-state index in [9.17, 15) is 22.7 Å². The van der Waals surface area contributed by atoms with E-state index in [0.29, 0.717) is 41.7 Å². The number of hydrogen-bond acceptors (Lipinski definition) is 3. The molecule has 1 heterocycles. The maximum atomic E-state index is 14.5. The van der Waals surface area contributed by atoms with Gasteiger partial charge in [-0.2, -0.15) is 13.2 Å². The second kappa shape index (κ2) is 8.06. The van der Waals surface area contributed by atoms with Gasteiger partial charge in [-0.05, 0) is 48.7 Å². The lowest BCUT2D eigenvalue weighted by atomic mass is 10.1. The molecule has 0 unspecified atom stereocenters. The molecular weight excluding hydrogens is 428 g/mol. The van der Waals surface area contributed by atoms with E-state index in [4.69, 9.17) is 0 Å². The van der Waals surface area contributed by atoms with Crippen LogP contribution in [0.1, 0.15) is 24.0 Å². The molecule has 0 aromatic heterocycles. The standard InChI is InChI=1S/C19H19BrF4N2O/c20-13-2-3-17(15(10-13)19(22,23)24)25-11-12-1-4-18(16(21)9-12)26-7-5-14(27)6-8-26/h1-4,9-10,14,25,27H,5-8,11H2. The van der Waals surface area contributed by atoms with Crippen molar-refractivity contribution in [3.63, 3.8) is 0 Å². The van der Waals surface area contributed by atoms with Gasteiger partial charge in [-0.25, -0.2) is 4.39 Å². The molecule has 2 N–H and O–H groups in total. The van der Waals surface area contributed by atoms with Crippen molar-refractivity contribution in [2.24, 2.45) is 0 Å². The highest BCUT2D eigenvalue weighted by Crippen LogP contribution is 2.36. The van der Waals surface area contributed by atoms with Gasteiger partial charge in [0, 0.05) is 29.8 Å². The van der Waals surface area contributed by atoms with Gasteiger partial charge in [-0.3, -0.25) is 0 Å². The van der Waals surface area contributed by atoms with Crippen molar-refractivity contribution in [3.8, 4) is 0 Å². The summed E-state index contributed by atoms with van der Waals surface area (Å²) >= 11 is 3.05. The third-order valence-electron chi connectivity index (χ3n) is 4.59. The molecule has 3 rings (SSSR count). The van der Waals surface area contributed by atoms with E-state index < -0.39 is 17.6 Å². The van der Waals surface area contributed by atoms with Gasteiger partial charge in [0.2, 0.25) is 0 Å². The van der Waals surface area contributed by atoms with Crippen LogP contribution in [-0.2, 0) is 12.7 Å². The highest BCUT2D eigenvalue weighted by atomic mass is 79.9. The maximum absolute atomic E-state index is 14.5. The summed E-state index contributed by atoms with van der Waals surface area (Å²) in [6.45, 7) is 1.22. The second-order valence-electron chi connectivity index (χ2n) is 6.55. The minimum atomic E-state index is -4.49. The first-order chi connectivity index (χ1) is 12.7. The summed E-state index contributed by atoms with van der Waals surface area (Å²) in [6, 6.07) is 8.54. The Hall–Kier alpha value is -1.80. The van der Waals surface area contributed by atoms with Crippen molar-refractivity contribution in [1.82, 2.24) is 0 Å². The summed E-state index contributed by atoms with van der Waals surface area (Å²) in [6.07, 6.45) is -3.65. The predicted octanol–water partition coefficient (Wildman–Crippen LogP) is 5.18. The van der Waals surface area contributed by atoms with Crippen LogP contribution in [0.5, 0.6) is 0 Å². The maximum Gasteiger partial charge on any atom is 0.418 e. The van der Waals surface area contributed by atoms with Crippen LogP contribution in [0.25, 0.3) is 0 Å². The van der Waals surface area contributed by atoms with Crippen LogP contribution in [0.15, 0.2) is 40.9 Å². The number of piperidine rings is 1. The summed E-state index contributed by atoms with van der Waals surface area (Å²) in [5.74, 6) is -0.419. The largest absolute Gasteiger partial charge is 0.418 e. The Kier molecular flexibility index (Phi) is 5.95. The van der Waals surface area contributed by atoms with Crippen molar-refractivity contribution < 1.29 is 22.7 Å². The minimum absolute atomic E-state index is 0.0554. The number of anilines is 2. The van der Waals surface area contributed by atoms with E-state index in [-0.39, 0.29) is 18.3 Å². The van der Waals surface area contributed by atoms with Crippen LogP contribution >= 0.6 is 15.9 Å². The number of aliphatic hydroxyl groups is 1. The highest BCUT2D eigenvalue weighted by Gasteiger charge is 2.33. The number of halogens is 5. The molecule has 0 radical (unpaired) electrons. The zero-order valence-electron chi connectivity index (χ0n) is 14.4. The fourth-order valence-corrected chi connectivity index (χ4v) is 3.49. The first-order valence-corrected chi connectivity index (χ1v) is 9.35. The van der Waals surface area contributed by atoms with Gasteiger partial charge < -0.3 is 15.3 Å². The molecule has 8 heteroatoms. The summed E-state index contributed by atoms with van der Waals surface area (Å²) in [4.78, 5) is 1.87. The molecule has 0 spiro atoms. The average molecular weight is 447 g/mol. The van der Waals surface area contributed by atoms with Crippen molar-refractivity contribution >= 4 is 27.3 Å². The van der Waals surface area contributed by atoms with Crippen molar-refractivity contribution in [2.45, 2.75) is 31.7 Å². The molecular formula is C19H19BrF4N2O. The van der Waals surface area contributed by atoms with Crippen LogP contribution in [-0.4, -0.2) is 24.3 Å². The molecule has 2 aromatic rings. The fourth-order valence-electron chi connectivity index (χ4n) is 3.13.